The second-order valence-electron chi connectivity index (χ2n) is 5.36. The van der Waals surface area contributed by atoms with E-state index < -0.39 is 5.97 Å². The summed E-state index contributed by atoms with van der Waals surface area (Å²) in [6.45, 7) is 3.36. The topological polar surface area (TPSA) is 87.7 Å². The van der Waals surface area contributed by atoms with Gasteiger partial charge in [0, 0.05) is 25.6 Å². The van der Waals surface area contributed by atoms with Crippen LogP contribution in [0.15, 0.2) is 0 Å². The van der Waals surface area contributed by atoms with Gasteiger partial charge in [0.05, 0.1) is 6.10 Å². The number of ether oxygens (including phenoxy) is 1. The van der Waals surface area contributed by atoms with Crippen molar-refractivity contribution in [3.05, 3.63) is 0 Å². The Morgan fingerprint density at radius 1 is 1.25 bits per heavy atom. The third kappa shape index (κ3) is 7.99. The molecule has 1 fully saturated rings. The van der Waals surface area contributed by atoms with Crippen LogP contribution in [-0.4, -0.2) is 42.4 Å². The molecular formula is C14H26N2O4. The van der Waals surface area contributed by atoms with Gasteiger partial charge in [0.15, 0.2) is 0 Å². The molecule has 2 atom stereocenters. The SMILES string of the molecule is CC1CC(NC(=O)NCCCCCCC(=O)O)CCO1. The predicted octanol–water partition coefficient (Wildman–Crippen LogP) is 1.89. The lowest BCUT2D eigenvalue weighted by Crippen LogP contribution is -2.46. The maximum absolute atomic E-state index is 11.7. The molecule has 0 aliphatic carbocycles. The molecule has 1 saturated heterocycles. The molecule has 0 aromatic rings. The van der Waals surface area contributed by atoms with Crippen LogP contribution >= 0.6 is 0 Å². The minimum atomic E-state index is -0.742. The van der Waals surface area contributed by atoms with E-state index in [1.807, 2.05) is 6.92 Å². The third-order valence-corrected chi connectivity index (χ3v) is 3.42. The van der Waals surface area contributed by atoms with Crippen molar-refractivity contribution in [3.63, 3.8) is 0 Å². The highest BCUT2D eigenvalue weighted by atomic mass is 16.5. The predicted molar refractivity (Wildman–Crippen MR) is 75.7 cm³/mol. The standard InChI is InChI=1S/C14H26N2O4/c1-11-10-12(7-9-20-11)16-14(19)15-8-5-3-2-4-6-13(17)18/h11-12H,2-10H2,1H3,(H,17,18)(H2,15,16,19). The smallest absolute Gasteiger partial charge is 0.315 e. The maximum Gasteiger partial charge on any atom is 0.315 e. The monoisotopic (exact) mass is 286 g/mol. The van der Waals surface area contributed by atoms with E-state index in [-0.39, 0.29) is 24.6 Å². The third-order valence-electron chi connectivity index (χ3n) is 3.42. The number of amides is 2. The zero-order chi connectivity index (χ0) is 14.8. The van der Waals surface area contributed by atoms with E-state index in [1.54, 1.807) is 0 Å². The van der Waals surface area contributed by atoms with Gasteiger partial charge in [0.2, 0.25) is 0 Å². The fourth-order valence-corrected chi connectivity index (χ4v) is 2.32. The summed E-state index contributed by atoms with van der Waals surface area (Å²) in [5.41, 5.74) is 0. The summed E-state index contributed by atoms with van der Waals surface area (Å²) in [6, 6.07) is 0.0870. The van der Waals surface area contributed by atoms with Crippen LogP contribution in [0.5, 0.6) is 0 Å². The summed E-state index contributed by atoms with van der Waals surface area (Å²) in [5, 5.41) is 14.3. The number of carbonyl (C=O) groups is 2. The van der Waals surface area contributed by atoms with Crippen molar-refractivity contribution in [3.8, 4) is 0 Å². The molecule has 1 aliphatic heterocycles. The molecule has 1 aliphatic rings. The van der Waals surface area contributed by atoms with Crippen LogP contribution in [0.25, 0.3) is 0 Å². The van der Waals surface area contributed by atoms with Crippen molar-refractivity contribution in [2.24, 2.45) is 0 Å². The number of carboxylic acid groups (broad SMARTS) is 1. The fraction of sp³-hybridized carbons (Fsp3) is 0.857. The lowest BCUT2D eigenvalue weighted by Gasteiger charge is -2.27. The average Bonchev–Trinajstić information content (AvgIpc) is 2.37. The van der Waals surface area contributed by atoms with Gasteiger partial charge in [-0.15, -0.1) is 0 Å². The first-order chi connectivity index (χ1) is 9.58. The van der Waals surface area contributed by atoms with E-state index in [2.05, 4.69) is 10.6 Å². The molecule has 2 unspecified atom stereocenters. The van der Waals surface area contributed by atoms with Gasteiger partial charge in [0.1, 0.15) is 0 Å². The first kappa shape index (κ1) is 16.8. The molecule has 3 N–H and O–H groups in total. The molecule has 6 heteroatoms. The maximum atomic E-state index is 11.7. The van der Waals surface area contributed by atoms with E-state index in [1.165, 1.54) is 0 Å². The number of carboxylic acids is 1. The van der Waals surface area contributed by atoms with Gasteiger partial charge in [-0.05, 0) is 32.6 Å². The molecule has 0 saturated carbocycles. The highest BCUT2D eigenvalue weighted by Gasteiger charge is 2.20. The van der Waals surface area contributed by atoms with E-state index in [0.29, 0.717) is 19.6 Å². The number of rotatable bonds is 8. The molecule has 0 aromatic carbocycles. The summed E-state index contributed by atoms with van der Waals surface area (Å²) in [7, 11) is 0. The minimum absolute atomic E-state index is 0.116. The highest BCUT2D eigenvalue weighted by Crippen LogP contribution is 2.12. The molecule has 0 spiro atoms. The number of hydrogen-bond acceptors (Lipinski definition) is 3. The summed E-state index contributed by atoms with van der Waals surface area (Å²) < 4.78 is 5.43. The summed E-state index contributed by atoms with van der Waals surface area (Å²) in [6.07, 6.45) is 5.61. The van der Waals surface area contributed by atoms with Crippen molar-refractivity contribution in [2.45, 2.75) is 64.0 Å². The normalized spacial score (nSPS) is 22.2. The molecule has 0 radical (unpaired) electrons. The van der Waals surface area contributed by atoms with E-state index >= 15 is 0 Å². The van der Waals surface area contributed by atoms with Crippen molar-refractivity contribution < 1.29 is 19.4 Å². The van der Waals surface area contributed by atoms with Crippen LogP contribution in [0.4, 0.5) is 4.79 Å². The molecule has 0 bridgehead atoms. The first-order valence-electron chi connectivity index (χ1n) is 7.45. The second-order valence-corrected chi connectivity index (χ2v) is 5.36. The average molecular weight is 286 g/mol. The lowest BCUT2D eigenvalue weighted by molar-refractivity contribution is -0.137. The van der Waals surface area contributed by atoms with Gasteiger partial charge >= 0.3 is 12.0 Å². The zero-order valence-corrected chi connectivity index (χ0v) is 12.2. The fourth-order valence-electron chi connectivity index (χ4n) is 2.32. The zero-order valence-electron chi connectivity index (χ0n) is 12.2. The number of nitrogens with one attached hydrogen (secondary N) is 2. The molecular weight excluding hydrogens is 260 g/mol. The number of hydrogen-bond donors (Lipinski definition) is 3. The van der Waals surface area contributed by atoms with Crippen molar-refractivity contribution in [1.82, 2.24) is 10.6 Å². The number of aliphatic carboxylic acids is 1. The Morgan fingerprint density at radius 3 is 2.70 bits per heavy atom. The van der Waals surface area contributed by atoms with Crippen molar-refractivity contribution >= 4 is 12.0 Å². The lowest BCUT2D eigenvalue weighted by atomic mass is 10.0. The number of carbonyl (C=O) groups excluding carboxylic acids is 1. The van der Waals surface area contributed by atoms with Crippen LogP contribution in [-0.2, 0) is 9.53 Å². The van der Waals surface area contributed by atoms with Crippen molar-refractivity contribution in [1.29, 1.82) is 0 Å². The van der Waals surface area contributed by atoms with Gasteiger partial charge in [-0.25, -0.2) is 4.79 Å². The highest BCUT2D eigenvalue weighted by molar-refractivity contribution is 5.74. The van der Waals surface area contributed by atoms with Crippen LogP contribution in [0.2, 0.25) is 0 Å². The number of unbranched alkanes of at least 4 members (excludes halogenated alkanes) is 3. The summed E-state index contributed by atoms with van der Waals surface area (Å²) in [4.78, 5) is 22.0. The van der Waals surface area contributed by atoms with E-state index in [0.717, 1.165) is 32.1 Å². The van der Waals surface area contributed by atoms with Gasteiger partial charge in [-0.2, -0.15) is 0 Å². The van der Waals surface area contributed by atoms with Gasteiger partial charge in [0.25, 0.3) is 0 Å². The molecule has 0 aromatic heterocycles. The Hall–Kier alpha value is -1.30. The Balaban J connectivity index is 1.96. The molecule has 1 rings (SSSR count). The van der Waals surface area contributed by atoms with Gasteiger partial charge in [-0.3, -0.25) is 4.79 Å². The summed E-state index contributed by atoms with van der Waals surface area (Å²) >= 11 is 0. The quantitative estimate of drug-likeness (QED) is 0.595. The van der Waals surface area contributed by atoms with Crippen LogP contribution in [0, 0.1) is 0 Å². The van der Waals surface area contributed by atoms with Crippen LogP contribution < -0.4 is 10.6 Å². The van der Waals surface area contributed by atoms with E-state index in [4.69, 9.17) is 9.84 Å². The van der Waals surface area contributed by atoms with Crippen LogP contribution in [0.1, 0.15) is 51.9 Å². The number of urea groups is 1. The Kier molecular flexibility index (Phi) is 8.02. The molecule has 1 heterocycles. The first-order valence-corrected chi connectivity index (χ1v) is 7.45. The molecule has 116 valence electrons. The Bertz CT molecular complexity index is 310. The molecule has 20 heavy (non-hydrogen) atoms. The van der Waals surface area contributed by atoms with Crippen LogP contribution in [0.3, 0.4) is 0 Å². The molecule has 6 nitrogen and oxygen atoms in total. The Labute approximate surface area is 120 Å². The van der Waals surface area contributed by atoms with Crippen molar-refractivity contribution in [2.75, 3.05) is 13.2 Å². The Morgan fingerprint density at radius 2 is 2.00 bits per heavy atom. The second kappa shape index (κ2) is 9.58. The van der Waals surface area contributed by atoms with Gasteiger partial charge < -0.3 is 20.5 Å². The largest absolute Gasteiger partial charge is 0.481 e. The van der Waals surface area contributed by atoms with Gasteiger partial charge in [-0.1, -0.05) is 12.8 Å². The van der Waals surface area contributed by atoms with E-state index in [9.17, 15) is 9.59 Å². The minimum Gasteiger partial charge on any atom is -0.481 e. The summed E-state index contributed by atoms with van der Waals surface area (Å²) in [5.74, 6) is -0.742. The molecule has 2 amide bonds.